The van der Waals surface area contributed by atoms with Crippen molar-refractivity contribution >= 4 is 34.8 Å². The Hall–Kier alpha value is -3.15. The molecule has 0 spiro atoms. The van der Waals surface area contributed by atoms with Crippen LogP contribution < -0.4 is 16.0 Å². The third-order valence-corrected chi connectivity index (χ3v) is 5.09. The minimum Gasteiger partial charge on any atom is -0.326 e. The number of anilines is 3. The Bertz CT molecular complexity index is 921. The van der Waals surface area contributed by atoms with Gasteiger partial charge in [0.1, 0.15) is 5.41 Å². The SMILES string of the molecule is CC(=O)Nc1ccc(NC(=O)C2(C(=O)Nc3ccc(C(C)(C)C)cc3)CC2)cc1. The summed E-state index contributed by atoms with van der Waals surface area (Å²) < 4.78 is 0. The fourth-order valence-electron chi connectivity index (χ4n) is 3.08. The predicted molar refractivity (Wildman–Crippen MR) is 115 cm³/mol. The Kier molecular flexibility index (Phi) is 5.46. The highest BCUT2D eigenvalue weighted by molar-refractivity contribution is 6.16. The third kappa shape index (κ3) is 4.83. The maximum absolute atomic E-state index is 12.8. The molecule has 152 valence electrons. The number of hydrogen-bond donors (Lipinski definition) is 3. The lowest BCUT2D eigenvalue weighted by Gasteiger charge is -2.20. The normalized spacial score (nSPS) is 14.6. The van der Waals surface area contributed by atoms with Crippen LogP contribution in [0, 0.1) is 5.41 Å². The summed E-state index contributed by atoms with van der Waals surface area (Å²) in [6.07, 6.45) is 1.05. The topological polar surface area (TPSA) is 87.3 Å². The summed E-state index contributed by atoms with van der Waals surface area (Å²) in [6, 6.07) is 14.5. The molecule has 0 saturated heterocycles. The molecule has 0 unspecified atom stereocenters. The Morgan fingerprint density at radius 2 is 1.10 bits per heavy atom. The third-order valence-electron chi connectivity index (χ3n) is 5.09. The number of benzene rings is 2. The van der Waals surface area contributed by atoms with Crippen LogP contribution in [0.4, 0.5) is 17.1 Å². The van der Waals surface area contributed by atoms with Gasteiger partial charge >= 0.3 is 0 Å². The fraction of sp³-hybridized carbons (Fsp3) is 0.348. The molecule has 1 saturated carbocycles. The highest BCUT2D eigenvalue weighted by atomic mass is 16.2. The average Bonchev–Trinajstić information content (AvgIpc) is 3.45. The smallest absolute Gasteiger partial charge is 0.240 e. The summed E-state index contributed by atoms with van der Waals surface area (Å²) in [6.45, 7) is 7.83. The van der Waals surface area contributed by atoms with Crippen molar-refractivity contribution in [2.45, 2.75) is 46.0 Å². The summed E-state index contributed by atoms with van der Waals surface area (Å²) in [5.41, 5.74) is 2.10. The summed E-state index contributed by atoms with van der Waals surface area (Å²) in [5.74, 6) is -0.757. The largest absolute Gasteiger partial charge is 0.326 e. The molecule has 2 aromatic rings. The molecule has 1 aliphatic carbocycles. The Labute approximate surface area is 171 Å². The second-order valence-corrected chi connectivity index (χ2v) is 8.58. The van der Waals surface area contributed by atoms with Crippen LogP contribution in [0.5, 0.6) is 0 Å². The van der Waals surface area contributed by atoms with Crippen LogP contribution in [0.2, 0.25) is 0 Å². The average molecular weight is 393 g/mol. The highest BCUT2D eigenvalue weighted by Gasteiger charge is 2.56. The van der Waals surface area contributed by atoms with Crippen molar-refractivity contribution in [3.05, 3.63) is 54.1 Å². The first-order chi connectivity index (χ1) is 13.6. The van der Waals surface area contributed by atoms with Gasteiger partial charge in [-0.05, 0) is 60.2 Å². The maximum atomic E-state index is 12.8. The van der Waals surface area contributed by atoms with Gasteiger partial charge in [0.2, 0.25) is 17.7 Å². The van der Waals surface area contributed by atoms with Crippen LogP contribution in [-0.2, 0) is 19.8 Å². The molecule has 6 nitrogen and oxygen atoms in total. The first-order valence-electron chi connectivity index (χ1n) is 9.71. The van der Waals surface area contributed by atoms with Crippen molar-refractivity contribution in [3.63, 3.8) is 0 Å². The number of hydrogen-bond acceptors (Lipinski definition) is 3. The van der Waals surface area contributed by atoms with E-state index in [4.69, 9.17) is 0 Å². The zero-order chi connectivity index (χ0) is 21.2. The van der Waals surface area contributed by atoms with Crippen LogP contribution in [-0.4, -0.2) is 17.7 Å². The van der Waals surface area contributed by atoms with Gasteiger partial charge in [0, 0.05) is 24.0 Å². The first-order valence-corrected chi connectivity index (χ1v) is 9.71. The van der Waals surface area contributed by atoms with Crippen molar-refractivity contribution in [1.29, 1.82) is 0 Å². The molecule has 0 atom stereocenters. The van der Waals surface area contributed by atoms with E-state index < -0.39 is 5.41 Å². The zero-order valence-corrected chi connectivity index (χ0v) is 17.3. The first kappa shape index (κ1) is 20.6. The van der Waals surface area contributed by atoms with Gasteiger partial charge in [0.25, 0.3) is 0 Å². The van der Waals surface area contributed by atoms with Crippen LogP contribution in [0.25, 0.3) is 0 Å². The van der Waals surface area contributed by atoms with Crippen LogP contribution in [0.15, 0.2) is 48.5 Å². The van der Waals surface area contributed by atoms with Gasteiger partial charge in [0.15, 0.2) is 0 Å². The molecule has 2 aromatic carbocycles. The van der Waals surface area contributed by atoms with Crippen molar-refractivity contribution in [2.75, 3.05) is 16.0 Å². The summed E-state index contributed by atoms with van der Waals surface area (Å²) in [5, 5.41) is 8.35. The lowest BCUT2D eigenvalue weighted by molar-refractivity contribution is -0.131. The van der Waals surface area contributed by atoms with Gasteiger partial charge in [-0.2, -0.15) is 0 Å². The number of amides is 3. The van der Waals surface area contributed by atoms with Gasteiger partial charge in [-0.25, -0.2) is 0 Å². The summed E-state index contributed by atoms with van der Waals surface area (Å²) in [7, 11) is 0. The van der Waals surface area contributed by atoms with Gasteiger partial charge < -0.3 is 16.0 Å². The van der Waals surface area contributed by atoms with E-state index >= 15 is 0 Å². The second-order valence-electron chi connectivity index (χ2n) is 8.58. The quantitative estimate of drug-likeness (QED) is 0.662. The van der Waals surface area contributed by atoms with E-state index in [1.165, 1.54) is 12.5 Å². The van der Waals surface area contributed by atoms with Gasteiger partial charge in [0.05, 0.1) is 0 Å². The van der Waals surface area contributed by atoms with Gasteiger partial charge in [-0.15, -0.1) is 0 Å². The molecule has 3 N–H and O–H groups in total. The van der Waals surface area contributed by atoms with Crippen molar-refractivity contribution in [1.82, 2.24) is 0 Å². The molecular weight excluding hydrogens is 366 g/mol. The molecule has 29 heavy (non-hydrogen) atoms. The predicted octanol–water partition coefficient (Wildman–Crippen LogP) is 4.30. The fourth-order valence-corrected chi connectivity index (χ4v) is 3.08. The van der Waals surface area contributed by atoms with E-state index in [-0.39, 0.29) is 23.1 Å². The Balaban J connectivity index is 1.63. The number of carbonyl (C=O) groups is 3. The minimum atomic E-state index is -1.03. The molecule has 1 fully saturated rings. The molecule has 0 radical (unpaired) electrons. The summed E-state index contributed by atoms with van der Waals surface area (Å²) >= 11 is 0. The minimum absolute atomic E-state index is 0.0373. The van der Waals surface area contributed by atoms with Crippen LogP contribution in [0.1, 0.15) is 46.1 Å². The highest BCUT2D eigenvalue weighted by Crippen LogP contribution is 2.47. The molecule has 0 heterocycles. The molecule has 0 aliphatic heterocycles. The lowest BCUT2D eigenvalue weighted by Crippen LogP contribution is -2.35. The standard InChI is InChI=1S/C23H27N3O3/c1-15(27)24-17-9-11-19(12-10-17)26-21(29)23(13-14-23)20(28)25-18-7-5-16(6-8-18)22(2,3)4/h5-12H,13-14H2,1-4H3,(H,24,27)(H,25,28)(H,26,29). The van der Waals surface area contributed by atoms with E-state index in [1.807, 2.05) is 24.3 Å². The molecule has 1 aliphatic rings. The van der Waals surface area contributed by atoms with Gasteiger partial charge in [-0.1, -0.05) is 32.9 Å². The molecule has 6 heteroatoms. The zero-order valence-electron chi connectivity index (χ0n) is 17.3. The molecule has 0 bridgehead atoms. The molecular formula is C23H27N3O3. The number of carbonyl (C=O) groups excluding carboxylic acids is 3. The van der Waals surface area contributed by atoms with E-state index in [9.17, 15) is 14.4 Å². The number of rotatable bonds is 5. The molecule has 0 aromatic heterocycles. The number of nitrogens with one attached hydrogen (secondary N) is 3. The van der Waals surface area contributed by atoms with Crippen LogP contribution in [0.3, 0.4) is 0 Å². The summed E-state index contributed by atoms with van der Waals surface area (Å²) in [4.78, 5) is 36.6. The van der Waals surface area contributed by atoms with Crippen molar-refractivity contribution in [2.24, 2.45) is 5.41 Å². The monoisotopic (exact) mass is 393 g/mol. The lowest BCUT2D eigenvalue weighted by atomic mass is 9.87. The van der Waals surface area contributed by atoms with Crippen molar-refractivity contribution in [3.8, 4) is 0 Å². The molecule has 3 rings (SSSR count). The second kappa shape index (κ2) is 7.70. The van der Waals surface area contributed by atoms with E-state index in [2.05, 4.69) is 36.7 Å². The Morgan fingerprint density at radius 1 is 0.724 bits per heavy atom. The molecule has 3 amide bonds. The Morgan fingerprint density at radius 3 is 1.45 bits per heavy atom. The van der Waals surface area contributed by atoms with Gasteiger partial charge in [-0.3, -0.25) is 14.4 Å². The van der Waals surface area contributed by atoms with Crippen LogP contribution >= 0.6 is 0 Å². The van der Waals surface area contributed by atoms with E-state index in [1.54, 1.807) is 24.3 Å². The maximum Gasteiger partial charge on any atom is 0.240 e. The van der Waals surface area contributed by atoms with E-state index in [0.717, 1.165) is 0 Å². The van der Waals surface area contributed by atoms with E-state index in [0.29, 0.717) is 29.9 Å². The van der Waals surface area contributed by atoms with Crippen molar-refractivity contribution < 1.29 is 14.4 Å².